The molecule has 1 fully saturated rings. The van der Waals surface area contributed by atoms with Gasteiger partial charge in [-0.2, -0.15) is 0 Å². The molecule has 0 radical (unpaired) electrons. The number of halogens is 1. The molecule has 0 bridgehead atoms. The first kappa shape index (κ1) is 16.2. The first-order chi connectivity index (χ1) is 10.5. The third-order valence-corrected chi connectivity index (χ3v) is 3.74. The predicted molar refractivity (Wildman–Crippen MR) is 80.2 cm³/mol. The summed E-state index contributed by atoms with van der Waals surface area (Å²) in [5, 5.41) is 0. The average molecular weight is 306 g/mol. The van der Waals surface area contributed by atoms with E-state index < -0.39 is 11.9 Å². The number of carbonyl (C=O) groups is 2. The topological polar surface area (TPSA) is 72.6 Å². The number of rotatable bonds is 5. The number of methoxy groups -OCH3 is 1. The maximum Gasteiger partial charge on any atom is 0.240 e. The van der Waals surface area contributed by atoms with Crippen LogP contribution in [0.15, 0.2) is 30.3 Å². The van der Waals surface area contributed by atoms with E-state index in [-0.39, 0.29) is 24.2 Å². The fourth-order valence-corrected chi connectivity index (χ4v) is 2.53. The molecule has 1 saturated heterocycles. The zero-order valence-electron chi connectivity index (χ0n) is 12.4. The highest BCUT2D eigenvalue weighted by Crippen LogP contribution is 2.21. The lowest BCUT2D eigenvalue weighted by Gasteiger charge is -2.21. The van der Waals surface area contributed by atoms with Crippen LogP contribution in [-0.4, -0.2) is 42.5 Å². The van der Waals surface area contributed by atoms with Crippen LogP contribution in [0.4, 0.5) is 4.39 Å². The number of hydrogen-bond donors (Lipinski definition) is 1. The van der Waals surface area contributed by atoms with E-state index in [4.69, 9.17) is 10.5 Å². The van der Waals surface area contributed by atoms with Gasteiger partial charge in [0.15, 0.2) is 0 Å². The number of ether oxygens (including phenoxy) is 1. The summed E-state index contributed by atoms with van der Waals surface area (Å²) in [6.07, 6.45) is 3.44. The van der Waals surface area contributed by atoms with Crippen LogP contribution in [0, 0.1) is 5.82 Å². The lowest BCUT2D eigenvalue weighted by molar-refractivity contribution is -0.136. The van der Waals surface area contributed by atoms with Crippen molar-refractivity contribution in [2.24, 2.45) is 5.73 Å². The van der Waals surface area contributed by atoms with E-state index in [1.807, 2.05) is 0 Å². The third kappa shape index (κ3) is 3.71. The van der Waals surface area contributed by atoms with Gasteiger partial charge in [-0.15, -0.1) is 0 Å². The summed E-state index contributed by atoms with van der Waals surface area (Å²) in [5.74, 6) is -1.11. The Balaban J connectivity index is 1.99. The molecule has 0 unspecified atom stereocenters. The Kier molecular flexibility index (Phi) is 5.27. The highest BCUT2D eigenvalue weighted by molar-refractivity contribution is 5.88. The summed E-state index contributed by atoms with van der Waals surface area (Å²) < 4.78 is 18.6. The molecule has 0 aromatic heterocycles. The van der Waals surface area contributed by atoms with Gasteiger partial charge in [-0.1, -0.05) is 30.4 Å². The molecule has 2 rings (SSSR count). The van der Waals surface area contributed by atoms with Crippen LogP contribution >= 0.6 is 0 Å². The molecular formula is C16H19FN2O3. The molecule has 5 nitrogen and oxygen atoms in total. The molecular weight excluding hydrogens is 287 g/mol. The molecule has 6 heteroatoms. The van der Waals surface area contributed by atoms with Crippen molar-refractivity contribution < 1.29 is 18.7 Å². The van der Waals surface area contributed by atoms with Gasteiger partial charge in [0.1, 0.15) is 11.9 Å². The second-order valence-corrected chi connectivity index (χ2v) is 5.19. The maximum absolute atomic E-state index is 13.5. The first-order valence-corrected chi connectivity index (χ1v) is 7.05. The summed E-state index contributed by atoms with van der Waals surface area (Å²) in [6, 6.07) is 5.66. The van der Waals surface area contributed by atoms with Crippen LogP contribution in [0.3, 0.4) is 0 Å². The largest absolute Gasteiger partial charge is 0.380 e. The van der Waals surface area contributed by atoms with Gasteiger partial charge in [-0.05, 0) is 6.07 Å². The Labute approximate surface area is 128 Å². The summed E-state index contributed by atoms with van der Waals surface area (Å²) >= 11 is 0. The van der Waals surface area contributed by atoms with Crippen molar-refractivity contribution in [1.29, 1.82) is 0 Å². The molecule has 2 atom stereocenters. The smallest absolute Gasteiger partial charge is 0.240 e. The third-order valence-electron chi connectivity index (χ3n) is 3.74. The SMILES string of the molecule is CO[C@H]1C[C@@H](C(N)=O)N(C(=O)C/C=C/c2ccccc2F)C1. The minimum Gasteiger partial charge on any atom is -0.380 e. The number of nitrogens with zero attached hydrogens (tertiary/aromatic N) is 1. The van der Waals surface area contributed by atoms with Gasteiger partial charge in [0.05, 0.1) is 6.10 Å². The molecule has 1 aliphatic rings. The molecule has 1 aromatic rings. The summed E-state index contributed by atoms with van der Waals surface area (Å²) in [5.41, 5.74) is 5.74. The van der Waals surface area contributed by atoms with Gasteiger partial charge in [-0.25, -0.2) is 4.39 Å². The molecule has 2 N–H and O–H groups in total. The van der Waals surface area contributed by atoms with Crippen molar-refractivity contribution >= 4 is 17.9 Å². The van der Waals surface area contributed by atoms with E-state index in [0.29, 0.717) is 18.5 Å². The van der Waals surface area contributed by atoms with Crippen LogP contribution in [0.5, 0.6) is 0 Å². The maximum atomic E-state index is 13.5. The minimum atomic E-state index is -0.640. The molecule has 1 aliphatic heterocycles. The molecule has 118 valence electrons. The van der Waals surface area contributed by atoms with E-state index in [9.17, 15) is 14.0 Å². The van der Waals surface area contributed by atoms with Gasteiger partial charge in [0, 0.05) is 32.1 Å². The Bertz CT molecular complexity index is 589. The van der Waals surface area contributed by atoms with Crippen LogP contribution in [0.1, 0.15) is 18.4 Å². The van der Waals surface area contributed by atoms with Crippen LogP contribution in [0.2, 0.25) is 0 Å². The summed E-state index contributed by atoms with van der Waals surface area (Å²) in [6.45, 7) is 0.344. The van der Waals surface area contributed by atoms with Gasteiger partial charge in [0.2, 0.25) is 11.8 Å². The van der Waals surface area contributed by atoms with Crippen molar-refractivity contribution in [2.45, 2.75) is 25.0 Å². The molecule has 0 spiro atoms. The minimum absolute atomic E-state index is 0.0779. The quantitative estimate of drug-likeness (QED) is 0.892. The standard InChI is InChI=1S/C16H19FN2O3/c1-22-12-9-14(16(18)21)19(10-12)15(20)8-4-6-11-5-2-3-7-13(11)17/h2-7,12,14H,8-10H2,1H3,(H2,18,21)/b6-4+/t12-,14-/m0/s1. The normalized spacial score (nSPS) is 21.5. The number of primary amides is 1. The Hall–Kier alpha value is -2.21. The summed E-state index contributed by atoms with van der Waals surface area (Å²) in [4.78, 5) is 25.1. The fraction of sp³-hybridized carbons (Fsp3) is 0.375. The van der Waals surface area contributed by atoms with Gasteiger partial charge in [0.25, 0.3) is 0 Å². The lowest BCUT2D eigenvalue weighted by Crippen LogP contribution is -2.43. The highest BCUT2D eigenvalue weighted by atomic mass is 19.1. The molecule has 0 saturated carbocycles. The molecule has 22 heavy (non-hydrogen) atoms. The second kappa shape index (κ2) is 7.17. The molecule has 0 aliphatic carbocycles. The second-order valence-electron chi connectivity index (χ2n) is 5.19. The van der Waals surface area contributed by atoms with Crippen molar-refractivity contribution in [1.82, 2.24) is 4.90 Å². The Morgan fingerprint density at radius 2 is 2.18 bits per heavy atom. The highest BCUT2D eigenvalue weighted by Gasteiger charge is 2.38. The average Bonchev–Trinajstić information content (AvgIpc) is 2.94. The van der Waals surface area contributed by atoms with Crippen molar-refractivity contribution in [2.75, 3.05) is 13.7 Å². The zero-order chi connectivity index (χ0) is 16.1. The van der Waals surface area contributed by atoms with Gasteiger partial charge < -0.3 is 15.4 Å². The number of likely N-dealkylation sites (tertiary alicyclic amines) is 1. The first-order valence-electron chi connectivity index (χ1n) is 7.05. The van der Waals surface area contributed by atoms with Crippen molar-refractivity contribution in [3.63, 3.8) is 0 Å². The Morgan fingerprint density at radius 3 is 2.82 bits per heavy atom. The lowest BCUT2D eigenvalue weighted by atomic mass is 10.1. The number of amides is 2. The fourth-order valence-electron chi connectivity index (χ4n) is 2.53. The van der Waals surface area contributed by atoms with Crippen LogP contribution in [-0.2, 0) is 14.3 Å². The van der Waals surface area contributed by atoms with Crippen LogP contribution < -0.4 is 5.73 Å². The van der Waals surface area contributed by atoms with E-state index in [0.717, 1.165) is 0 Å². The molecule has 2 amide bonds. The van der Waals surface area contributed by atoms with Crippen molar-refractivity contribution in [3.05, 3.63) is 41.7 Å². The van der Waals surface area contributed by atoms with Crippen LogP contribution in [0.25, 0.3) is 6.08 Å². The summed E-state index contributed by atoms with van der Waals surface area (Å²) in [7, 11) is 1.54. The predicted octanol–water partition coefficient (Wildman–Crippen LogP) is 1.33. The number of nitrogens with two attached hydrogens (primary N) is 1. The van der Waals surface area contributed by atoms with E-state index in [1.165, 1.54) is 18.1 Å². The zero-order valence-corrected chi connectivity index (χ0v) is 12.4. The van der Waals surface area contributed by atoms with Gasteiger partial charge >= 0.3 is 0 Å². The number of carbonyl (C=O) groups excluding carboxylic acids is 2. The molecule has 1 aromatic carbocycles. The van der Waals surface area contributed by atoms with E-state index in [1.54, 1.807) is 30.4 Å². The van der Waals surface area contributed by atoms with Gasteiger partial charge in [-0.3, -0.25) is 9.59 Å². The number of benzene rings is 1. The Morgan fingerprint density at radius 1 is 1.45 bits per heavy atom. The van der Waals surface area contributed by atoms with Crippen molar-refractivity contribution in [3.8, 4) is 0 Å². The monoisotopic (exact) mass is 306 g/mol. The molecule has 1 heterocycles. The van der Waals surface area contributed by atoms with E-state index in [2.05, 4.69) is 0 Å². The van der Waals surface area contributed by atoms with E-state index >= 15 is 0 Å². The number of hydrogen-bond acceptors (Lipinski definition) is 3.